The van der Waals surface area contributed by atoms with E-state index in [2.05, 4.69) is 48.3 Å². The lowest BCUT2D eigenvalue weighted by Gasteiger charge is -2.33. The van der Waals surface area contributed by atoms with Gasteiger partial charge < -0.3 is 20.3 Å². The molecule has 1 aliphatic heterocycles. The van der Waals surface area contributed by atoms with Gasteiger partial charge in [0.15, 0.2) is 0 Å². The molecule has 3 amide bonds. The van der Waals surface area contributed by atoms with Crippen molar-refractivity contribution >= 4 is 17.6 Å². The van der Waals surface area contributed by atoms with Crippen LogP contribution in [0.3, 0.4) is 0 Å². The molecule has 0 saturated heterocycles. The van der Waals surface area contributed by atoms with Crippen LogP contribution in [-0.4, -0.2) is 65.0 Å². The molecule has 38 heavy (non-hydrogen) atoms. The average molecular weight is 522 g/mol. The smallest absolute Gasteiger partial charge is 0.319 e. The van der Waals surface area contributed by atoms with Gasteiger partial charge in [0, 0.05) is 61.3 Å². The van der Waals surface area contributed by atoms with Gasteiger partial charge >= 0.3 is 6.03 Å². The maximum atomic E-state index is 13.4. The maximum Gasteiger partial charge on any atom is 0.319 e. The van der Waals surface area contributed by atoms with Gasteiger partial charge in [-0.25, -0.2) is 4.79 Å². The second kappa shape index (κ2) is 13.1. The second-order valence-electron chi connectivity index (χ2n) is 11.3. The zero-order valence-corrected chi connectivity index (χ0v) is 23.3. The molecule has 1 saturated carbocycles. The molecule has 0 spiro atoms. The Hall–Kier alpha value is -3.13. The Bertz CT molecular complexity index is 1070. The molecule has 1 fully saturated rings. The third-order valence-electron chi connectivity index (χ3n) is 7.64. The molecule has 1 aliphatic carbocycles. The monoisotopic (exact) mass is 521 g/mol. The van der Waals surface area contributed by atoms with Crippen LogP contribution in [0.5, 0.6) is 5.75 Å². The molecule has 8 heteroatoms. The molecule has 206 valence electrons. The molecule has 4 rings (SSSR count). The Morgan fingerprint density at radius 2 is 1.89 bits per heavy atom. The quantitative estimate of drug-likeness (QED) is 0.544. The molecule has 2 heterocycles. The lowest BCUT2D eigenvalue weighted by molar-refractivity contribution is -0.133. The number of ether oxygens (including phenoxy) is 1. The third kappa shape index (κ3) is 7.69. The van der Waals surface area contributed by atoms with Gasteiger partial charge in [-0.15, -0.1) is 0 Å². The lowest BCUT2D eigenvalue weighted by atomic mass is 9.96. The summed E-state index contributed by atoms with van der Waals surface area (Å²) in [7, 11) is 2.09. The van der Waals surface area contributed by atoms with Gasteiger partial charge in [-0.05, 0) is 69.6 Å². The minimum atomic E-state index is -0.194. The normalized spacial score (nSPS) is 20.8. The number of nitrogens with zero attached hydrogens (tertiary/aromatic N) is 3. The topological polar surface area (TPSA) is 86.8 Å². The summed E-state index contributed by atoms with van der Waals surface area (Å²) in [4.78, 5) is 34.4. The van der Waals surface area contributed by atoms with Gasteiger partial charge in [0.2, 0.25) is 5.91 Å². The fourth-order valence-corrected chi connectivity index (χ4v) is 5.47. The predicted octanol–water partition coefficient (Wildman–Crippen LogP) is 4.84. The number of carbonyl (C=O) groups excluding carboxylic acids is 2. The Kier molecular flexibility index (Phi) is 9.61. The van der Waals surface area contributed by atoms with Gasteiger partial charge in [-0.3, -0.25) is 14.7 Å². The fourth-order valence-electron chi connectivity index (χ4n) is 5.47. The zero-order valence-electron chi connectivity index (χ0n) is 23.3. The summed E-state index contributed by atoms with van der Waals surface area (Å²) in [5, 5.41) is 6.07. The first-order valence-electron chi connectivity index (χ1n) is 14.0. The van der Waals surface area contributed by atoms with Crippen LogP contribution < -0.4 is 15.4 Å². The molecule has 2 N–H and O–H groups in total. The molecular formula is C30H43N5O3. The van der Waals surface area contributed by atoms with Crippen molar-refractivity contribution in [3.8, 4) is 5.75 Å². The van der Waals surface area contributed by atoms with Gasteiger partial charge in [-0.2, -0.15) is 0 Å². The van der Waals surface area contributed by atoms with E-state index in [0.717, 1.165) is 37.8 Å². The Morgan fingerprint density at radius 1 is 1.16 bits per heavy atom. The van der Waals surface area contributed by atoms with Gasteiger partial charge in [0.05, 0.1) is 6.42 Å². The number of anilines is 1. The van der Waals surface area contributed by atoms with Crippen LogP contribution >= 0.6 is 0 Å². The van der Waals surface area contributed by atoms with Crippen LogP contribution in [0.2, 0.25) is 0 Å². The highest BCUT2D eigenvalue weighted by molar-refractivity contribution is 5.90. The van der Waals surface area contributed by atoms with E-state index < -0.39 is 0 Å². The standard InChI is InChI=1S/C30H43N5O3/c1-21(2)35-18-22(3)28(20-34(4)19-23-12-14-31-15-13-23)38-27-11-10-26(16-24(27)17-29(35)36)33-30(37)32-25-8-6-5-7-9-25/h10-16,21-22,25,28H,5-9,17-20H2,1-4H3,(H2,32,33,37). The molecular weight excluding hydrogens is 478 g/mol. The van der Waals surface area contributed by atoms with Gasteiger partial charge in [-0.1, -0.05) is 26.2 Å². The maximum absolute atomic E-state index is 13.4. The van der Waals surface area contributed by atoms with Crippen LogP contribution in [0.25, 0.3) is 0 Å². The summed E-state index contributed by atoms with van der Waals surface area (Å²) in [5.41, 5.74) is 2.66. The fraction of sp³-hybridized carbons (Fsp3) is 0.567. The number of urea groups is 1. The van der Waals surface area contributed by atoms with Crippen LogP contribution in [-0.2, 0) is 17.8 Å². The summed E-state index contributed by atoms with van der Waals surface area (Å²) in [5.74, 6) is 0.911. The number of hydrogen-bond donors (Lipinski definition) is 2. The number of aromatic nitrogens is 1. The van der Waals surface area contributed by atoms with E-state index in [1.165, 1.54) is 12.0 Å². The predicted molar refractivity (Wildman–Crippen MR) is 150 cm³/mol. The van der Waals surface area contributed by atoms with Crippen molar-refractivity contribution in [3.63, 3.8) is 0 Å². The number of benzene rings is 1. The summed E-state index contributed by atoms with van der Waals surface area (Å²) < 4.78 is 6.63. The number of amides is 3. The van der Waals surface area contributed by atoms with E-state index in [9.17, 15) is 9.59 Å². The van der Waals surface area contributed by atoms with Crippen molar-refractivity contribution in [2.24, 2.45) is 5.92 Å². The van der Waals surface area contributed by atoms with Crippen LogP contribution in [0, 0.1) is 5.92 Å². The Labute approximate surface area is 227 Å². The van der Waals surface area contributed by atoms with Crippen molar-refractivity contribution in [1.82, 2.24) is 20.1 Å². The largest absolute Gasteiger partial charge is 0.488 e. The molecule has 0 bridgehead atoms. The van der Waals surface area contributed by atoms with Crippen molar-refractivity contribution in [3.05, 3.63) is 53.9 Å². The van der Waals surface area contributed by atoms with E-state index in [1.807, 2.05) is 47.6 Å². The molecule has 8 nitrogen and oxygen atoms in total. The molecule has 2 unspecified atom stereocenters. The summed E-state index contributed by atoms with van der Waals surface area (Å²) >= 11 is 0. The average Bonchev–Trinajstić information content (AvgIpc) is 2.93. The Balaban J connectivity index is 1.52. The Morgan fingerprint density at radius 3 is 2.61 bits per heavy atom. The highest BCUT2D eigenvalue weighted by Gasteiger charge is 2.30. The van der Waals surface area contributed by atoms with E-state index in [0.29, 0.717) is 24.5 Å². The minimum Gasteiger partial charge on any atom is -0.488 e. The first kappa shape index (κ1) is 27.9. The second-order valence-corrected chi connectivity index (χ2v) is 11.3. The highest BCUT2D eigenvalue weighted by Crippen LogP contribution is 2.29. The lowest BCUT2D eigenvalue weighted by Crippen LogP contribution is -2.45. The highest BCUT2D eigenvalue weighted by atomic mass is 16.5. The molecule has 2 atom stereocenters. The van der Waals surface area contributed by atoms with E-state index in [4.69, 9.17) is 4.74 Å². The van der Waals surface area contributed by atoms with E-state index >= 15 is 0 Å². The van der Waals surface area contributed by atoms with Crippen LogP contribution in [0.4, 0.5) is 10.5 Å². The molecule has 2 aliphatic rings. The van der Waals surface area contributed by atoms with E-state index in [1.54, 1.807) is 0 Å². The molecule has 1 aromatic carbocycles. The number of carbonyl (C=O) groups is 2. The van der Waals surface area contributed by atoms with Crippen LogP contribution in [0.15, 0.2) is 42.7 Å². The first-order valence-corrected chi connectivity index (χ1v) is 14.0. The number of rotatable bonds is 7. The minimum absolute atomic E-state index is 0.0753. The first-order chi connectivity index (χ1) is 18.3. The number of likely N-dealkylation sites (N-methyl/N-ethyl adjacent to an activating group) is 1. The summed E-state index contributed by atoms with van der Waals surface area (Å²) in [6.07, 6.45) is 9.36. The number of hydrogen-bond acceptors (Lipinski definition) is 5. The number of fused-ring (bicyclic) bond motifs is 1. The third-order valence-corrected chi connectivity index (χ3v) is 7.64. The van der Waals surface area contributed by atoms with Crippen LogP contribution in [0.1, 0.15) is 64.0 Å². The molecule has 2 aromatic rings. The SMILES string of the molecule is CC1CN(C(C)C)C(=O)Cc2cc(NC(=O)NC3CCCCC3)ccc2OC1CN(C)Cc1ccncc1. The zero-order chi connectivity index (χ0) is 27.1. The number of nitrogens with one attached hydrogen (secondary N) is 2. The molecule has 0 radical (unpaired) electrons. The van der Waals surface area contributed by atoms with Crippen molar-refractivity contribution < 1.29 is 14.3 Å². The van der Waals surface area contributed by atoms with Gasteiger partial charge in [0.25, 0.3) is 0 Å². The van der Waals surface area contributed by atoms with Gasteiger partial charge in [0.1, 0.15) is 11.9 Å². The molecule has 1 aromatic heterocycles. The van der Waals surface area contributed by atoms with E-state index in [-0.39, 0.29) is 42.5 Å². The summed E-state index contributed by atoms with van der Waals surface area (Å²) in [6.45, 7) is 8.41. The number of pyridine rings is 1. The van der Waals surface area contributed by atoms with Crippen molar-refractivity contribution in [2.45, 2.75) is 84.0 Å². The van der Waals surface area contributed by atoms with Crippen molar-refractivity contribution in [2.75, 3.05) is 25.5 Å². The van der Waals surface area contributed by atoms with Crippen molar-refractivity contribution in [1.29, 1.82) is 0 Å². The summed E-state index contributed by atoms with van der Waals surface area (Å²) in [6, 6.07) is 9.82.